The number of hydrogen-bond donors (Lipinski definition) is 0. The summed E-state index contributed by atoms with van der Waals surface area (Å²) in [6.07, 6.45) is -4.50. The van der Waals surface area contributed by atoms with Crippen LogP contribution in [0.5, 0.6) is 0 Å². The molecule has 220 valence electrons. The van der Waals surface area contributed by atoms with E-state index in [4.69, 9.17) is 35.3 Å². The van der Waals surface area contributed by atoms with Gasteiger partial charge >= 0.3 is 17.9 Å². The molecule has 4 aromatic rings. The summed E-state index contributed by atoms with van der Waals surface area (Å²) in [5, 5.41) is 0. The summed E-state index contributed by atoms with van der Waals surface area (Å²) in [6, 6.07) is 34.6. The Morgan fingerprint density at radius 2 is 1.02 bits per heavy atom. The lowest BCUT2D eigenvalue weighted by atomic mass is 9.98. The van der Waals surface area contributed by atoms with Gasteiger partial charge in [0.05, 0.1) is 23.3 Å². The molecule has 1 saturated heterocycles. The van der Waals surface area contributed by atoms with Crippen LogP contribution in [0.15, 0.2) is 121 Å². The normalized spacial score (nSPS) is 21.4. The van der Waals surface area contributed by atoms with Crippen molar-refractivity contribution in [1.29, 1.82) is 0 Å². The molecule has 0 unspecified atom stereocenters. The molecule has 0 aromatic heterocycles. The second-order valence-electron chi connectivity index (χ2n) is 9.72. The Balaban J connectivity index is 1.44. The first kappa shape index (κ1) is 30.0. The molecule has 8 nitrogen and oxygen atoms in total. The van der Waals surface area contributed by atoms with Crippen LogP contribution in [-0.2, 0) is 30.3 Å². The quantitative estimate of drug-likeness (QED) is 0.127. The minimum absolute atomic E-state index is 0.0877. The van der Waals surface area contributed by atoms with Crippen molar-refractivity contribution >= 4 is 29.5 Å². The maximum atomic E-state index is 13.3. The molecule has 4 aromatic carbocycles. The van der Waals surface area contributed by atoms with Gasteiger partial charge in [0.15, 0.2) is 17.8 Å². The first-order valence-electron chi connectivity index (χ1n) is 13.7. The van der Waals surface area contributed by atoms with Gasteiger partial charge in [-0.2, -0.15) is 0 Å². The third-order valence-corrected chi connectivity index (χ3v) is 7.11. The molecule has 5 atom stereocenters. The number of alkyl halides is 1. The van der Waals surface area contributed by atoms with E-state index in [1.54, 1.807) is 91.0 Å². The summed E-state index contributed by atoms with van der Waals surface area (Å²) in [5.41, 5.74) is 0.527. The molecule has 1 fully saturated rings. The van der Waals surface area contributed by atoms with Crippen molar-refractivity contribution in [2.45, 2.75) is 36.6 Å². The average Bonchev–Trinajstić information content (AvgIpc) is 3.06. The predicted octanol–water partition coefficient (Wildman–Crippen LogP) is 5.84. The maximum Gasteiger partial charge on any atom is 0.338 e. The zero-order valence-electron chi connectivity index (χ0n) is 23.0. The fourth-order valence-corrected chi connectivity index (χ4v) is 4.90. The third kappa shape index (κ3) is 7.87. The van der Waals surface area contributed by atoms with Crippen LogP contribution in [0, 0.1) is 0 Å². The first-order valence-corrected chi connectivity index (χ1v) is 14.1. The van der Waals surface area contributed by atoms with Gasteiger partial charge in [-0.05, 0) is 42.0 Å². The van der Waals surface area contributed by atoms with Gasteiger partial charge in [-0.1, -0.05) is 96.5 Å². The second kappa shape index (κ2) is 14.6. The van der Waals surface area contributed by atoms with Crippen LogP contribution in [0.2, 0.25) is 0 Å². The van der Waals surface area contributed by atoms with Gasteiger partial charge in [-0.25, -0.2) is 14.4 Å². The molecule has 1 aliphatic rings. The van der Waals surface area contributed by atoms with Gasteiger partial charge in [-0.15, -0.1) is 0 Å². The lowest BCUT2D eigenvalue weighted by molar-refractivity contribution is -0.225. The number of esters is 3. The molecule has 0 radical (unpaired) electrons. The summed E-state index contributed by atoms with van der Waals surface area (Å²) >= 11 is 6.68. The summed E-state index contributed by atoms with van der Waals surface area (Å²) in [7, 11) is 0. The van der Waals surface area contributed by atoms with E-state index in [9.17, 15) is 14.4 Å². The van der Waals surface area contributed by atoms with Crippen molar-refractivity contribution in [3.8, 4) is 0 Å². The largest absolute Gasteiger partial charge is 0.459 e. The van der Waals surface area contributed by atoms with Crippen molar-refractivity contribution in [1.82, 2.24) is 0 Å². The molecular weight excluding hydrogens is 572 g/mol. The monoisotopic (exact) mass is 600 g/mol. The molecule has 0 aliphatic carbocycles. The Kier molecular flexibility index (Phi) is 10.2. The van der Waals surface area contributed by atoms with Crippen molar-refractivity contribution in [3.05, 3.63) is 144 Å². The molecule has 0 spiro atoms. The van der Waals surface area contributed by atoms with E-state index in [0.717, 1.165) is 5.56 Å². The highest BCUT2D eigenvalue weighted by atomic mass is 35.5. The van der Waals surface area contributed by atoms with Crippen molar-refractivity contribution in [2.24, 2.45) is 0 Å². The number of hydrogen-bond acceptors (Lipinski definition) is 8. The topological polar surface area (TPSA) is 97.4 Å². The van der Waals surface area contributed by atoms with Crippen LogP contribution < -0.4 is 0 Å². The van der Waals surface area contributed by atoms with E-state index >= 15 is 0 Å². The van der Waals surface area contributed by atoms with Gasteiger partial charge in [0.1, 0.15) is 18.8 Å². The van der Waals surface area contributed by atoms with Crippen LogP contribution in [0.25, 0.3) is 0 Å². The van der Waals surface area contributed by atoms with Crippen LogP contribution in [0.1, 0.15) is 36.6 Å². The van der Waals surface area contributed by atoms with E-state index in [0.29, 0.717) is 11.1 Å². The highest BCUT2D eigenvalue weighted by Gasteiger charge is 2.51. The van der Waals surface area contributed by atoms with E-state index in [2.05, 4.69) is 0 Å². The molecular formula is C34H29ClO8. The number of carbonyl (C=O) groups excluding carboxylic acids is 3. The summed E-state index contributed by atoms with van der Waals surface area (Å²) in [6.45, 7) is -0.224. The van der Waals surface area contributed by atoms with E-state index in [1.807, 2.05) is 30.3 Å². The van der Waals surface area contributed by atoms with Gasteiger partial charge in [0, 0.05) is 0 Å². The van der Waals surface area contributed by atoms with Crippen LogP contribution >= 0.6 is 11.6 Å². The minimum Gasteiger partial charge on any atom is -0.459 e. The molecule has 0 N–H and O–H groups in total. The molecule has 1 heterocycles. The summed E-state index contributed by atoms with van der Waals surface area (Å²) < 4.78 is 29.7. The third-order valence-electron chi connectivity index (χ3n) is 6.76. The average molecular weight is 601 g/mol. The highest BCUT2D eigenvalue weighted by molar-refractivity contribution is 6.20. The van der Waals surface area contributed by atoms with Gasteiger partial charge in [0.2, 0.25) is 0 Å². The van der Waals surface area contributed by atoms with Crippen LogP contribution in [0.4, 0.5) is 0 Å². The second-order valence-corrected chi connectivity index (χ2v) is 10.2. The number of carbonyl (C=O) groups is 3. The summed E-state index contributed by atoms with van der Waals surface area (Å²) in [5.74, 6) is -1.92. The lowest BCUT2D eigenvalue weighted by Crippen LogP contribution is -2.60. The first-order chi connectivity index (χ1) is 21.0. The van der Waals surface area contributed by atoms with Crippen molar-refractivity contribution in [3.63, 3.8) is 0 Å². The number of rotatable bonds is 10. The maximum absolute atomic E-state index is 13.3. The number of halogens is 1. The van der Waals surface area contributed by atoms with Gasteiger partial charge in [-0.3, -0.25) is 0 Å². The minimum atomic E-state index is -1.22. The molecule has 0 saturated carbocycles. The molecule has 0 amide bonds. The Labute approximate surface area is 254 Å². The van der Waals surface area contributed by atoms with E-state index < -0.39 is 47.9 Å². The molecule has 5 rings (SSSR count). The van der Waals surface area contributed by atoms with Crippen molar-refractivity contribution in [2.75, 3.05) is 6.61 Å². The fourth-order valence-electron chi connectivity index (χ4n) is 4.57. The van der Waals surface area contributed by atoms with Crippen LogP contribution in [0.3, 0.4) is 0 Å². The highest BCUT2D eigenvalue weighted by Crippen LogP contribution is 2.32. The smallest absolute Gasteiger partial charge is 0.338 e. The summed E-state index contributed by atoms with van der Waals surface area (Å²) in [4.78, 5) is 39.2. The van der Waals surface area contributed by atoms with E-state index in [1.165, 1.54) is 0 Å². The Morgan fingerprint density at radius 1 is 0.581 bits per heavy atom. The lowest BCUT2D eigenvalue weighted by Gasteiger charge is -2.43. The number of ether oxygens (including phenoxy) is 5. The molecule has 43 heavy (non-hydrogen) atoms. The fraction of sp³-hybridized carbons (Fsp3) is 0.206. The van der Waals surface area contributed by atoms with Crippen LogP contribution in [-0.4, -0.2) is 54.5 Å². The van der Waals surface area contributed by atoms with Crippen molar-refractivity contribution < 1.29 is 38.1 Å². The zero-order valence-corrected chi connectivity index (χ0v) is 23.7. The molecule has 9 heteroatoms. The Morgan fingerprint density at radius 3 is 1.53 bits per heavy atom. The Hall–Kier alpha value is -4.50. The van der Waals surface area contributed by atoms with Gasteiger partial charge < -0.3 is 23.7 Å². The number of benzene rings is 4. The molecule has 1 aliphatic heterocycles. The standard InChI is InChI=1S/C34H29ClO8/c35-31-30(43-34(38)26-19-11-4-12-20-26)29(39-21-23-13-5-1-6-14-23)28(42-33(37)25-17-9-3-10-18-25)27(41-31)22-40-32(36)24-15-7-2-8-16-24/h1-20,27-31H,21-22H2/t27-,28+,29+,30-,31+/m1/s1. The Bertz CT molecular complexity index is 1480. The van der Waals surface area contributed by atoms with E-state index in [-0.39, 0.29) is 18.8 Å². The van der Waals surface area contributed by atoms with Gasteiger partial charge in [0.25, 0.3) is 0 Å². The SMILES string of the molecule is O=C(OC[C@H]1O[C@H](Cl)[C@H](OC(=O)c2ccccc2)[C@@H](OCc2ccccc2)[C@H]1OC(=O)c1ccccc1)c1ccccc1. The zero-order chi connectivity index (χ0) is 30.0. The molecule has 0 bridgehead atoms. The predicted molar refractivity (Wildman–Crippen MR) is 158 cm³/mol.